The van der Waals surface area contributed by atoms with E-state index in [2.05, 4.69) is 4.74 Å². The summed E-state index contributed by atoms with van der Waals surface area (Å²) in [6, 6.07) is 0. The van der Waals surface area contributed by atoms with Crippen molar-refractivity contribution in [1.82, 2.24) is 0 Å². The summed E-state index contributed by atoms with van der Waals surface area (Å²) in [6.45, 7) is 0. The lowest BCUT2D eigenvalue weighted by atomic mass is 10.2. The number of esters is 1. The summed E-state index contributed by atoms with van der Waals surface area (Å²) >= 11 is 5.40. The highest BCUT2D eigenvalue weighted by Gasteiger charge is 2.28. The van der Waals surface area contributed by atoms with Crippen LogP contribution in [-0.4, -0.2) is 11.8 Å². The van der Waals surface area contributed by atoms with Gasteiger partial charge in [-0.2, -0.15) is 8.78 Å². The Morgan fingerprint density at radius 2 is 1.35 bits per heavy atom. The number of unbranched alkanes of at least 4 members (excludes halogenated alkanes) is 2. The fourth-order valence-electron chi connectivity index (χ4n) is 1.38. The van der Waals surface area contributed by atoms with Crippen molar-refractivity contribution < 1.29 is 31.5 Å². The topological polar surface area (TPSA) is 26.3 Å². The van der Waals surface area contributed by atoms with Gasteiger partial charge in [0.05, 0.1) is 0 Å². The lowest BCUT2D eigenvalue weighted by Crippen LogP contribution is -2.13. The SMILES string of the molecule is O=C(CCCCCCl)Oc1c(F)c(F)c(F)c(F)c1F. The van der Waals surface area contributed by atoms with Crippen molar-refractivity contribution in [2.45, 2.75) is 25.7 Å². The zero-order valence-corrected chi connectivity index (χ0v) is 10.9. The van der Waals surface area contributed by atoms with Crippen LogP contribution in [0.5, 0.6) is 5.75 Å². The van der Waals surface area contributed by atoms with Gasteiger partial charge in [0.2, 0.25) is 34.8 Å². The van der Waals surface area contributed by atoms with Crippen molar-refractivity contribution in [2.24, 2.45) is 0 Å². The molecule has 0 radical (unpaired) electrons. The third-order valence-electron chi connectivity index (χ3n) is 2.40. The maximum atomic E-state index is 13.2. The summed E-state index contributed by atoms with van der Waals surface area (Å²) in [6.07, 6.45) is 1.34. The Bertz CT molecular complexity index is 478. The number of ether oxygens (including phenoxy) is 1. The van der Waals surface area contributed by atoms with E-state index in [1.807, 2.05) is 0 Å². The Balaban J connectivity index is 2.80. The molecule has 2 nitrogen and oxygen atoms in total. The third-order valence-corrected chi connectivity index (χ3v) is 2.67. The van der Waals surface area contributed by atoms with Gasteiger partial charge in [0.1, 0.15) is 0 Å². The van der Waals surface area contributed by atoms with Gasteiger partial charge in [-0.25, -0.2) is 13.2 Å². The predicted octanol–water partition coefficient (Wildman–Crippen LogP) is 4.09. The van der Waals surface area contributed by atoms with Crippen molar-refractivity contribution in [3.8, 4) is 5.75 Å². The molecule has 0 spiro atoms. The average Bonchev–Trinajstić information content (AvgIpc) is 2.44. The minimum Gasteiger partial charge on any atom is -0.420 e. The van der Waals surface area contributed by atoms with Crippen LogP contribution in [-0.2, 0) is 4.79 Å². The van der Waals surface area contributed by atoms with Crippen LogP contribution in [0.2, 0.25) is 0 Å². The fraction of sp³-hybridized carbons (Fsp3) is 0.417. The molecular formula is C12H10ClF5O2. The van der Waals surface area contributed by atoms with Crippen LogP contribution in [0.3, 0.4) is 0 Å². The summed E-state index contributed by atoms with van der Waals surface area (Å²) in [5, 5.41) is 0. The summed E-state index contributed by atoms with van der Waals surface area (Å²) in [7, 11) is 0. The maximum Gasteiger partial charge on any atom is 0.311 e. The van der Waals surface area contributed by atoms with E-state index >= 15 is 0 Å². The number of rotatable bonds is 6. The summed E-state index contributed by atoms with van der Waals surface area (Å²) in [5.41, 5.74) is 0. The maximum absolute atomic E-state index is 13.2. The molecule has 0 saturated carbocycles. The second-order valence-corrected chi connectivity index (χ2v) is 4.25. The van der Waals surface area contributed by atoms with Crippen LogP contribution in [0.4, 0.5) is 22.0 Å². The Morgan fingerprint density at radius 1 is 0.850 bits per heavy atom. The van der Waals surface area contributed by atoms with Gasteiger partial charge < -0.3 is 4.74 Å². The third kappa shape index (κ3) is 3.82. The largest absolute Gasteiger partial charge is 0.420 e. The van der Waals surface area contributed by atoms with Gasteiger partial charge >= 0.3 is 5.97 Å². The van der Waals surface area contributed by atoms with Crippen molar-refractivity contribution in [1.29, 1.82) is 0 Å². The molecule has 0 saturated heterocycles. The van der Waals surface area contributed by atoms with Crippen LogP contribution in [0.1, 0.15) is 25.7 Å². The van der Waals surface area contributed by atoms with E-state index < -0.39 is 40.8 Å². The minimum atomic E-state index is -2.30. The second kappa shape index (κ2) is 7.42. The molecule has 1 aromatic carbocycles. The smallest absolute Gasteiger partial charge is 0.311 e. The Kier molecular flexibility index (Phi) is 6.19. The molecule has 0 atom stereocenters. The Hall–Kier alpha value is -1.37. The zero-order chi connectivity index (χ0) is 15.3. The van der Waals surface area contributed by atoms with E-state index in [-0.39, 0.29) is 6.42 Å². The molecule has 0 aliphatic heterocycles. The molecule has 0 aliphatic carbocycles. The van der Waals surface area contributed by atoms with E-state index in [9.17, 15) is 26.7 Å². The van der Waals surface area contributed by atoms with Gasteiger partial charge in [0, 0.05) is 12.3 Å². The predicted molar refractivity (Wildman–Crippen MR) is 61.1 cm³/mol. The van der Waals surface area contributed by atoms with Crippen LogP contribution in [0.15, 0.2) is 0 Å². The minimum absolute atomic E-state index is 0.212. The van der Waals surface area contributed by atoms with Crippen molar-refractivity contribution in [3.05, 3.63) is 29.1 Å². The first-order valence-electron chi connectivity index (χ1n) is 5.68. The molecule has 0 N–H and O–H groups in total. The normalized spacial score (nSPS) is 10.7. The highest BCUT2D eigenvalue weighted by atomic mass is 35.5. The van der Waals surface area contributed by atoms with Crippen molar-refractivity contribution in [2.75, 3.05) is 5.88 Å². The number of halogens is 6. The van der Waals surface area contributed by atoms with Gasteiger partial charge in [0.25, 0.3) is 0 Å². The molecule has 112 valence electrons. The van der Waals surface area contributed by atoms with Crippen molar-refractivity contribution in [3.63, 3.8) is 0 Å². The van der Waals surface area contributed by atoms with Crippen molar-refractivity contribution >= 4 is 17.6 Å². The van der Waals surface area contributed by atoms with E-state index in [0.29, 0.717) is 25.1 Å². The first-order valence-corrected chi connectivity index (χ1v) is 6.21. The molecule has 0 unspecified atom stereocenters. The molecule has 0 aliphatic rings. The molecule has 1 aromatic rings. The van der Waals surface area contributed by atoms with Gasteiger partial charge in [-0.3, -0.25) is 4.79 Å². The molecule has 0 heterocycles. The number of alkyl halides is 1. The number of carbonyl (C=O) groups excluding carboxylic acids is 1. The lowest BCUT2D eigenvalue weighted by Gasteiger charge is -2.08. The van der Waals surface area contributed by atoms with Crippen LogP contribution < -0.4 is 4.74 Å². The molecular weight excluding hydrogens is 307 g/mol. The summed E-state index contributed by atoms with van der Waals surface area (Å²) < 4.78 is 69.0. The second-order valence-electron chi connectivity index (χ2n) is 3.87. The van der Waals surface area contributed by atoms with E-state index in [4.69, 9.17) is 11.6 Å². The zero-order valence-electron chi connectivity index (χ0n) is 10.1. The number of hydrogen-bond acceptors (Lipinski definition) is 2. The first-order chi connectivity index (χ1) is 9.40. The molecule has 1 rings (SSSR count). The molecule has 0 aromatic heterocycles. The molecule has 8 heteroatoms. The fourth-order valence-corrected chi connectivity index (χ4v) is 1.57. The average molecular weight is 317 g/mol. The van der Waals surface area contributed by atoms with Gasteiger partial charge in [-0.15, -0.1) is 11.6 Å². The highest BCUT2D eigenvalue weighted by Crippen LogP contribution is 2.29. The highest BCUT2D eigenvalue weighted by molar-refractivity contribution is 6.17. The standard InChI is InChI=1S/C12H10ClF5O2/c13-5-3-1-2-4-6(19)20-12-10(17)8(15)7(14)9(16)11(12)18/h1-5H2. The van der Waals surface area contributed by atoms with Gasteiger partial charge in [-0.1, -0.05) is 6.42 Å². The van der Waals surface area contributed by atoms with E-state index in [1.165, 1.54) is 0 Å². The summed E-state index contributed by atoms with van der Waals surface area (Å²) in [4.78, 5) is 11.3. The van der Waals surface area contributed by atoms with E-state index in [1.54, 1.807) is 0 Å². The summed E-state index contributed by atoms with van der Waals surface area (Å²) in [5.74, 6) is -13.2. The quantitative estimate of drug-likeness (QED) is 0.150. The van der Waals surface area contributed by atoms with Gasteiger partial charge in [0.15, 0.2) is 0 Å². The molecule has 0 amide bonds. The molecule has 20 heavy (non-hydrogen) atoms. The Morgan fingerprint density at radius 3 is 1.85 bits per heavy atom. The Labute approximate surface area is 116 Å². The van der Waals surface area contributed by atoms with E-state index in [0.717, 1.165) is 0 Å². The van der Waals surface area contributed by atoms with Crippen LogP contribution in [0.25, 0.3) is 0 Å². The number of hydrogen-bond donors (Lipinski definition) is 0. The first kappa shape index (κ1) is 16.7. The molecule has 0 fully saturated rings. The lowest BCUT2D eigenvalue weighted by molar-refractivity contribution is -0.135. The van der Waals surface area contributed by atoms with Crippen LogP contribution in [0, 0.1) is 29.1 Å². The van der Waals surface area contributed by atoms with Gasteiger partial charge in [-0.05, 0) is 12.8 Å². The number of benzene rings is 1. The molecule has 0 bridgehead atoms. The number of carbonyl (C=O) groups is 1. The van der Waals surface area contributed by atoms with Crippen LogP contribution >= 0.6 is 11.6 Å². The monoisotopic (exact) mass is 316 g/mol.